The number of carbonyl (C=O) groups is 1. The number of methoxy groups -OCH3 is 1. The van der Waals surface area contributed by atoms with Crippen LogP contribution in [0.2, 0.25) is 0 Å². The molecular formula is C22H17N3O3S. The monoisotopic (exact) mass is 403 g/mol. The summed E-state index contributed by atoms with van der Waals surface area (Å²) in [6.07, 6.45) is 1.47. The van der Waals surface area contributed by atoms with Gasteiger partial charge < -0.3 is 9.15 Å². The summed E-state index contributed by atoms with van der Waals surface area (Å²) in [6.45, 7) is 0. The van der Waals surface area contributed by atoms with Gasteiger partial charge >= 0.3 is 5.97 Å². The van der Waals surface area contributed by atoms with Crippen LogP contribution < -0.4 is 0 Å². The lowest BCUT2D eigenvalue weighted by atomic mass is 10.0. The molecule has 0 N–H and O–H groups in total. The van der Waals surface area contributed by atoms with Gasteiger partial charge in [-0.25, -0.2) is 9.78 Å². The van der Waals surface area contributed by atoms with E-state index in [0.717, 1.165) is 28.1 Å². The topological polar surface area (TPSA) is 78.1 Å². The molecule has 4 aromatic rings. The number of esters is 1. The summed E-state index contributed by atoms with van der Waals surface area (Å²) < 4.78 is 9.97. The summed E-state index contributed by atoms with van der Waals surface area (Å²) in [4.78, 5) is 16.5. The van der Waals surface area contributed by atoms with Crippen LogP contribution in [-0.2, 0) is 10.5 Å². The molecule has 0 radical (unpaired) electrons. The number of nitrogens with zero attached hydrogens (tertiary/aromatic N) is 3. The number of carbonyl (C=O) groups excluding carboxylic acids is 1. The fourth-order valence-electron chi connectivity index (χ4n) is 2.82. The lowest BCUT2D eigenvalue weighted by Gasteiger charge is -2.09. The van der Waals surface area contributed by atoms with E-state index in [1.165, 1.54) is 25.1 Å². The maximum absolute atomic E-state index is 11.8. The Morgan fingerprint density at radius 1 is 0.931 bits per heavy atom. The summed E-state index contributed by atoms with van der Waals surface area (Å²) in [6, 6.07) is 21.5. The van der Waals surface area contributed by atoms with E-state index >= 15 is 0 Å². The van der Waals surface area contributed by atoms with Crippen molar-refractivity contribution in [2.75, 3.05) is 7.11 Å². The minimum Gasteiger partial charge on any atom is -0.463 e. The fourth-order valence-corrected chi connectivity index (χ4v) is 3.59. The highest BCUT2D eigenvalue weighted by molar-refractivity contribution is 7.98. The van der Waals surface area contributed by atoms with Crippen molar-refractivity contribution < 1.29 is 13.9 Å². The highest BCUT2D eigenvalue weighted by Crippen LogP contribution is 2.30. The quantitative estimate of drug-likeness (QED) is 0.335. The van der Waals surface area contributed by atoms with E-state index in [0.29, 0.717) is 10.9 Å². The maximum Gasteiger partial charge on any atom is 0.374 e. The second-order valence-corrected chi connectivity index (χ2v) is 7.02. The third kappa shape index (κ3) is 4.20. The molecule has 4 rings (SSSR count). The Bertz CT molecular complexity index is 1110. The van der Waals surface area contributed by atoms with Crippen LogP contribution >= 0.6 is 11.8 Å². The van der Waals surface area contributed by atoms with Crippen molar-refractivity contribution in [3.05, 3.63) is 84.3 Å². The average Bonchev–Trinajstić information content (AvgIpc) is 3.27. The predicted molar refractivity (Wildman–Crippen MR) is 110 cm³/mol. The largest absolute Gasteiger partial charge is 0.463 e. The van der Waals surface area contributed by atoms with Gasteiger partial charge in [0.2, 0.25) is 10.9 Å². The van der Waals surface area contributed by atoms with E-state index in [4.69, 9.17) is 14.1 Å². The van der Waals surface area contributed by atoms with E-state index in [2.05, 4.69) is 10.2 Å². The van der Waals surface area contributed by atoms with Crippen LogP contribution in [0.4, 0.5) is 0 Å². The Labute approximate surface area is 172 Å². The van der Waals surface area contributed by atoms with Crippen LogP contribution in [0.5, 0.6) is 0 Å². The summed E-state index contributed by atoms with van der Waals surface area (Å²) in [5.41, 5.74) is 4.11. The second-order valence-electron chi connectivity index (χ2n) is 6.08. The standard InChI is InChI=1S/C22H17N3O3S/c1-27-21(26)20-17(12-13-28-20)14-29-22-23-18(15-8-4-2-5-9-15)19(24-25-22)16-10-6-3-7-11-16/h2-13H,14H2,1H3. The van der Waals surface area contributed by atoms with Gasteiger partial charge in [0.25, 0.3) is 0 Å². The van der Waals surface area contributed by atoms with Gasteiger partial charge in [0, 0.05) is 22.4 Å². The molecule has 29 heavy (non-hydrogen) atoms. The highest BCUT2D eigenvalue weighted by Gasteiger charge is 2.18. The van der Waals surface area contributed by atoms with E-state index in [9.17, 15) is 4.79 Å². The number of hydrogen-bond acceptors (Lipinski definition) is 7. The molecule has 0 atom stereocenters. The van der Waals surface area contributed by atoms with E-state index < -0.39 is 5.97 Å². The van der Waals surface area contributed by atoms with E-state index in [1.54, 1.807) is 6.07 Å². The minimum absolute atomic E-state index is 0.192. The van der Waals surface area contributed by atoms with Crippen molar-refractivity contribution in [1.29, 1.82) is 0 Å². The lowest BCUT2D eigenvalue weighted by Crippen LogP contribution is -2.03. The Balaban J connectivity index is 1.66. The van der Waals surface area contributed by atoms with Crippen LogP contribution in [0, 0.1) is 0 Å². The molecule has 144 valence electrons. The molecule has 0 fully saturated rings. The third-order valence-corrected chi connectivity index (χ3v) is 5.12. The number of ether oxygens (including phenoxy) is 1. The zero-order valence-electron chi connectivity index (χ0n) is 15.6. The van der Waals surface area contributed by atoms with Crippen molar-refractivity contribution in [3.63, 3.8) is 0 Å². The number of aromatic nitrogens is 3. The maximum atomic E-state index is 11.8. The third-order valence-electron chi connectivity index (χ3n) is 4.24. The molecule has 0 bridgehead atoms. The first-order valence-corrected chi connectivity index (χ1v) is 9.88. The molecule has 0 saturated heterocycles. The first-order chi connectivity index (χ1) is 14.3. The normalized spacial score (nSPS) is 10.7. The first kappa shape index (κ1) is 18.9. The van der Waals surface area contributed by atoms with Crippen molar-refractivity contribution in [2.45, 2.75) is 10.9 Å². The van der Waals surface area contributed by atoms with Gasteiger partial charge in [-0.2, -0.15) is 0 Å². The van der Waals surface area contributed by atoms with Crippen molar-refractivity contribution in [1.82, 2.24) is 15.2 Å². The van der Waals surface area contributed by atoms with Crippen LogP contribution in [0.1, 0.15) is 16.1 Å². The molecule has 0 aliphatic rings. The number of thioether (sulfide) groups is 1. The number of benzene rings is 2. The molecule has 0 unspecified atom stereocenters. The predicted octanol–water partition coefficient (Wildman–Crippen LogP) is 4.88. The minimum atomic E-state index is -0.506. The first-order valence-electron chi connectivity index (χ1n) is 8.89. The van der Waals surface area contributed by atoms with Crippen LogP contribution in [0.3, 0.4) is 0 Å². The fraction of sp³-hybridized carbons (Fsp3) is 0.0909. The van der Waals surface area contributed by atoms with E-state index in [-0.39, 0.29) is 5.76 Å². The summed E-state index contributed by atoms with van der Waals surface area (Å²) >= 11 is 1.38. The molecule has 6 nitrogen and oxygen atoms in total. The molecule has 7 heteroatoms. The second kappa shape index (κ2) is 8.70. The zero-order chi connectivity index (χ0) is 20.1. The van der Waals surface area contributed by atoms with Gasteiger partial charge in [0.1, 0.15) is 11.4 Å². The number of furan rings is 1. The summed E-state index contributed by atoms with van der Waals surface area (Å²) in [5.74, 6) is 0.146. The van der Waals surface area contributed by atoms with Gasteiger partial charge in [0.15, 0.2) is 0 Å². The number of hydrogen-bond donors (Lipinski definition) is 0. The van der Waals surface area contributed by atoms with Crippen LogP contribution in [0.15, 0.2) is 82.6 Å². The van der Waals surface area contributed by atoms with Crippen LogP contribution in [0.25, 0.3) is 22.5 Å². The molecule has 2 aromatic heterocycles. The molecule has 0 aliphatic carbocycles. The van der Waals surface area contributed by atoms with Gasteiger partial charge in [-0.3, -0.25) is 0 Å². The van der Waals surface area contributed by atoms with Gasteiger partial charge in [-0.1, -0.05) is 72.4 Å². The molecular weight excluding hydrogens is 386 g/mol. The average molecular weight is 403 g/mol. The molecule has 0 spiro atoms. The van der Waals surface area contributed by atoms with Crippen molar-refractivity contribution in [2.24, 2.45) is 0 Å². The van der Waals surface area contributed by atoms with Gasteiger partial charge in [-0.15, -0.1) is 10.2 Å². The van der Waals surface area contributed by atoms with Crippen LogP contribution in [-0.4, -0.2) is 28.3 Å². The zero-order valence-corrected chi connectivity index (χ0v) is 16.4. The summed E-state index contributed by atoms with van der Waals surface area (Å²) in [7, 11) is 1.32. The SMILES string of the molecule is COC(=O)c1occc1CSc1nnc(-c2ccccc2)c(-c2ccccc2)n1. The highest BCUT2D eigenvalue weighted by atomic mass is 32.2. The van der Waals surface area contributed by atoms with Crippen molar-refractivity contribution >= 4 is 17.7 Å². The lowest BCUT2D eigenvalue weighted by molar-refractivity contribution is 0.0564. The Hall–Kier alpha value is -3.45. The molecule has 2 aromatic carbocycles. The molecule has 0 aliphatic heterocycles. The van der Waals surface area contributed by atoms with E-state index in [1.807, 2.05) is 60.7 Å². The molecule has 0 saturated carbocycles. The Morgan fingerprint density at radius 3 is 2.24 bits per heavy atom. The van der Waals surface area contributed by atoms with Crippen molar-refractivity contribution in [3.8, 4) is 22.5 Å². The summed E-state index contributed by atoms with van der Waals surface area (Å²) in [5, 5.41) is 9.26. The Morgan fingerprint density at radius 2 is 1.59 bits per heavy atom. The smallest absolute Gasteiger partial charge is 0.374 e. The van der Waals surface area contributed by atoms with Gasteiger partial charge in [-0.05, 0) is 6.07 Å². The number of rotatable bonds is 6. The molecule has 2 heterocycles. The van der Waals surface area contributed by atoms with Gasteiger partial charge in [0.05, 0.1) is 13.4 Å². The Kier molecular flexibility index (Phi) is 5.67. The molecule has 0 amide bonds.